The number of aromatic nitrogens is 2. The van der Waals surface area contributed by atoms with Gasteiger partial charge in [-0.2, -0.15) is 10.1 Å². The molecule has 1 heterocycles. The molecule has 2 aromatic rings. The molecule has 21 heavy (non-hydrogen) atoms. The molecule has 0 unspecified atom stereocenters. The molecule has 1 amide bonds. The summed E-state index contributed by atoms with van der Waals surface area (Å²) >= 11 is 0. The Bertz CT molecular complexity index is 737. The summed E-state index contributed by atoms with van der Waals surface area (Å²) in [6.07, 6.45) is 1.46. The molecule has 0 aliphatic carbocycles. The van der Waals surface area contributed by atoms with Crippen molar-refractivity contribution in [3.63, 3.8) is 0 Å². The second-order valence-electron chi connectivity index (χ2n) is 4.20. The molecule has 0 aliphatic rings. The van der Waals surface area contributed by atoms with Gasteiger partial charge in [0, 0.05) is 11.3 Å². The molecule has 7 nitrogen and oxygen atoms in total. The van der Waals surface area contributed by atoms with E-state index in [4.69, 9.17) is 4.74 Å². The van der Waals surface area contributed by atoms with E-state index < -0.39 is 11.6 Å². The quantitative estimate of drug-likeness (QED) is 0.643. The van der Waals surface area contributed by atoms with Crippen molar-refractivity contribution in [2.24, 2.45) is 5.10 Å². The lowest BCUT2D eigenvalue weighted by Gasteiger charge is -2.03. The minimum atomic E-state index is -0.575. The number of para-hydroxylation sites is 1. The summed E-state index contributed by atoms with van der Waals surface area (Å²) in [5.41, 5.74) is 3.01. The number of nitrogens with zero attached hydrogens (tertiary/aromatic N) is 2. The normalized spacial score (nSPS) is 10.6. The molecule has 0 saturated heterocycles. The van der Waals surface area contributed by atoms with Crippen LogP contribution in [0, 0.1) is 6.92 Å². The fraction of sp³-hybridized carbons (Fsp3) is 0.143. The zero-order valence-electron chi connectivity index (χ0n) is 11.6. The fourth-order valence-corrected chi connectivity index (χ4v) is 1.69. The van der Waals surface area contributed by atoms with Gasteiger partial charge in [-0.25, -0.2) is 10.2 Å². The first-order valence-electron chi connectivity index (χ1n) is 6.14. The van der Waals surface area contributed by atoms with E-state index in [1.54, 1.807) is 26.2 Å². The topological polar surface area (TPSA) is 96.4 Å². The van der Waals surface area contributed by atoms with Crippen LogP contribution in [0.2, 0.25) is 0 Å². The lowest BCUT2D eigenvalue weighted by Crippen LogP contribution is -2.24. The molecule has 1 aromatic heterocycles. The Hall–Kier alpha value is -2.96. The molecule has 0 spiro atoms. The number of ether oxygens (including phenoxy) is 1. The van der Waals surface area contributed by atoms with E-state index in [9.17, 15) is 9.59 Å². The van der Waals surface area contributed by atoms with E-state index in [1.165, 1.54) is 12.3 Å². The third-order valence-corrected chi connectivity index (χ3v) is 2.62. The maximum atomic E-state index is 11.8. The van der Waals surface area contributed by atoms with E-state index in [0.717, 1.165) is 5.56 Å². The number of H-pyrrole nitrogens is 1. The molecule has 0 bridgehead atoms. The minimum Gasteiger partial charge on any atom is -0.496 e. The summed E-state index contributed by atoms with van der Waals surface area (Å²) in [5, 5.41) is 3.83. The summed E-state index contributed by atoms with van der Waals surface area (Å²) in [4.78, 5) is 29.0. The van der Waals surface area contributed by atoms with E-state index in [2.05, 4.69) is 20.5 Å². The molecule has 7 heteroatoms. The van der Waals surface area contributed by atoms with Crippen molar-refractivity contribution in [2.45, 2.75) is 6.92 Å². The number of nitrogens with one attached hydrogen (secondary N) is 2. The number of hydrazone groups is 1. The molecule has 0 radical (unpaired) electrons. The summed E-state index contributed by atoms with van der Waals surface area (Å²) in [5.74, 6) is 0.0796. The molecule has 2 N–H and O–H groups in total. The van der Waals surface area contributed by atoms with E-state index in [0.29, 0.717) is 11.4 Å². The first-order valence-corrected chi connectivity index (χ1v) is 6.14. The number of amides is 1. The molecule has 1 aromatic carbocycles. The zero-order valence-corrected chi connectivity index (χ0v) is 11.6. The van der Waals surface area contributed by atoms with Gasteiger partial charge in [-0.15, -0.1) is 0 Å². The van der Waals surface area contributed by atoms with Crippen LogP contribution in [0.3, 0.4) is 0 Å². The third-order valence-electron chi connectivity index (χ3n) is 2.62. The van der Waals surface area contributed by atoms with E-state index >= 15 is 0 Å². The van der Waals surface area contributed by atoms with Crippen LogP contribution in [0.4, 0.5) is 0 Å². The van der Waals surface area contributed by atoms with Crippen molar-refractivity contribution in [3.8, 4) is 5.75 Å². The number of benzene rings is 1. The predicted octanol–water partition coefficient (Wildman–Crippen LogP) is 0.851. The maximum absolute atomic E-state index is 11.8. The molecule has 0 atom stereocenters. The number of hydrogen-bond donors (Lipinski definition) is 2. The van der Waals surface area contributed by atoms with Crippen LogP contribution >= 0.6 is 0 Å². The van der Waals surface area contributed by atoms with Crippen molar-refractivity contribution in [2.75, 3.05) is 7.11 Å². The van der Waals surface area contributed by atoms with Crippen LogP contribution in [0.5, 0.6) is 5.75 Å². The Morgan fingerprint density at radius 3 is 2.90 bits per heavy atom. The highest BCUT2D eigenvalue weighted by molar-refractivity contribution is 5.93. The van der Waals surface area contributed by atoms with Gasteiger partial charge in [-0.3, -0.25) is 4.79 Å². The van der Waals surface area contributed by atoms with Crippen molar-refractivity contribution in [3.05, 3.63) is 57.8 Å². The van der Waals surface area contributed by atoms with Crippen LogP contribution in [-0.4, -0.2) is 29.2 Å². The first kappa shape index (κ1) is 14.4. The van der Waals surface area contributed by atoms with Crippen LogP contribution in [0.15, 0.2) is 40.2 Å². The molecule has 108 valence electrons. The average Bonchev–Trinajstić information content (AvgIpc) is 2.46. The van der Waals surface area contributed by atoms with Crippen molar-refractivity contribution >= 4 is 12.1 Å². The highest BCUT2D eigenvalue weighted by Crippen LogP contribution is 2.14. The lowest BCUT2D eigenvalue weighted by molar-refractivity contribution is 0.0949. The van der Waals surface area contributed by atoms with Gasteiger partial charge in [-0.05, 0) is 25.1 Å². The van der Waals surface area contributed by atoms with Gasteiger partial charge in [0.25, 0.3) is 5.91 Å². The molecular formula is C14H14N4O3. The SMILES string of the molecule is COc1ccccc1/C=N/NC(=O)c1cc(C)[nH]c(=O)n1. The maximum Gasteiger partial charge on any atom is 0.345 e. The van der Waals surface area contributed by atoms with Crippen molar-refractivity contribution < 1.29 is 9.53 Å². The predicted molar refractivity (Wildman–Crippen MR) is 77.6 cm³/mol. The number of methoxy groups -OCH3 is 1. The Kier molecular flexibility index (Phi) is 4.45. The summed E-state index contributed by atoms with van der Waals surface area (Å²) in [7, 11) is 1.55. The molecule has 0 fully saturated rings. The average molecular weight is 286 g/mol. The number of carbonyl (C=O) groups is 1. The summed E-state index contributed by atoms with van der Waals surface area (Å²) in [6, 6.07) is 8.70. The monoisotopic (exact) mass is 286 g/mol. The van der Waals surface area contributed by atoms with Crippen molar-refractivity contribution in [1.82, 2.24) is 15.4 Å². The van der Waals surface area contributed by atoms with Gasteiger partial charge < -0.3 is 9.72 Å². The largest absolute Gasteiger partial charge is 0.496 e. The van der Waals surface area contributed by atoms with Crippen LogP contribution in [0.1, 0.15) is 21.7 Å². The standard InChI is InChI=1S/C14H14N4O3/c1-9-7-11(17-14(20)16-9)13(19)18-15-8-10-5-3-4-6-12(10)21-2/h3-8H,1-2H3,(H,18,19)(H,16,17,20)/b15-8+. The van der Waals surface area contributed by atoms with Gasteiger partial charge in [0.05, 0.1) is 13.3 Å². The minimum absolute atomic E-state index is 0.00780. The molecular weight excluding hydrogens is 272 g/mol. The van der Waals surface area contributed by atoms with E-state index in [-0.39, 0.29) is 5.69 Å². The van der Waals surface area contributed by atoms with Crippen LogP contribution < -0.4 is 15.9 Å². The lowest BCUT2D eigenvalue weighted by atomic mass is 10.2. The summed E-state index contributed by atoms with van der Waals surface area (Å²) < 4.78 is 5.16. The number of rotatable bonds is 4. The second-order valence-corrected chi connectivity index (χ2v) is 4.20. The number of aromatic amines is 1. The molecule has 0 saturated carbocycles. The zero-order chi connectivity index (χ0) is 15.2. The smallest absolute Gasteiger partial charge is 0.345 e. The molecule has 0 aliphatic heterocycles. The number of hydrogen-bond acceptors (Lipinski definition) is 5. The Morgan fingerprint density at radius 2 is 2.19 bits per heavy atom. The Labute approximate surface area is 120 Å². The first-order chi connectivity index (χ1) is 10.1. The Morgan fingerprint density at radius 1 is 1.43 bits per heavy atom. The van der Waals surface area contributed by atoms with E-state index in [1.807, 2.05) is 12.1 Å². The van der Waals surface area contributed by atoms with Gasteiger partial charge >= 0.3 is 5.69 Å². The Balaban J connectivity index is 2.10. The van der Waals surface area contributed by atoms with Crippen LogP contribution in [0.25, 0.3) is 0 Å². The highest BCUT2D eigenvalue weighted by Gasteiger charge is 2.07. The fourth-order valence-electron chi connectivity index (χ4n) is 1.69. The number of aryl methyl sites for hydroxylation is 1. The van der Waals surface area contributed by atoms with Gasteiger partial charge in [-0.1, -0.05) is 12.1 Å². The summed E-state index contributed by atoms with van der Waals surface area (Å²) in [6.45, 7) is 1.66. The van der Waals surface area contributed by atoms with Crippen LogP contribution in [-0.2, 0) is 0 Å². The number of carbonyl (C=O) groups excluding carboxylic acids is 1. The second kappa shape index (κ2) is 6.47. The third kappa shape index (κ3) is 3.75. The van der Waals surface area contributed by atoms with Gasteiger partial charge in [0.15, 0.2) is 0 Å². The molecule has 2 rings (SSSR count). The van der Waals surface area contributed by atoms with Gasteiger partial charge in [0.2, 0.25) is 0 Å². The van der Waals surface area contributed by atoms with Crippen molar-refractivity contribution in [1.29, 1.82) is 0 Å². The van der Waals surface area contributed by atoms with Gasteiger partial charge in [0.1, 0.15) is 11.4 Å². The highest BCUT2D eigenvalue weighted by atomic mass is 16.5.